The lowest BCUT2D eigenvalue weighted by Crippen LogP contribution is -2.59. The van der Waals surface area contributed by atoms with Crippen LogP contribution in [0.15, 0.2) is 35.9 Å². The number of aliphatic hydroxyl groups is 1. The molecule has 1 N–H and O–H groups in total. The summed E-state index contributed by atoms with van der Waals surface area (Å²) in [6.07, 6.45) is 9.80. The van der Waals surface area contributed by atoms with Crippen LogP contribution in [0.3, 0.4) is 0 Å². The fraction of sp³-hybridized carbons (Fsp3) is 0.577. The first-order valence-corrected chi connectivity index (χ1v) is 11.4. The van der Waals surface area contributed by atoms with Gasteiger partial charge in [-0.2, -0.15) is 0 Å². The van der Waals surface area contributed by atoms with Gasteiger partial charge < -0.3 is 10.0 Å². The molecule has 3 fully saturated rings. The van der Waals surface area contributed by atoms with E-state index in [2.05, 4.69) is 19.9 Å². The Kier molecular flexibility index (Phi) is 4.71. The molecule has 1 aromatic rings. The van der Waals surface area contributed by atoms with Crippen molar-refractivity contribution >= 4 is 12.0 Å². The SMILES string of the molecule is CN1C(=O)C=C[C@@]2(C)C1CC[C@@H]1[C@H]2CC[C@]2(C)C(O)C(=Cc3cc(F)cc(F)c3)C[C@@H]12. The summed E-state index contributed by atoms with van der Waals surface area (Å²) in [6, 6.07) is 3.74. The van der Waals surface area contributed by atoms with Crippen molar-refractivity contribution < 1.29 is 18.7 Å². The van der Waals surface area contributed by atoms with Crippen LogP contribution in [0.25, 0.3) is 6.08 Å². The molecule has 7 atom stereocenters. The molecule has 0 radical (unpaired) electrons. The summed E-state index contributed by atoms with van der Waals surface area (Å²) in [7, 11) is 1.92. The van der Waals surface area contributed by atoms with Crippen LogP contribution in [0.2, 0.25) is 0 Å². The zero-order chi connectivity index (χ0) is 22.1. The average molecular weight is 428 g/mol. The lowest BCUT2D eigenvalue weighted by Gasteiger charge is -2.59. The molecule has 4 aliphatic rings. The fourth-order valence-corrected chi connectivity index (χ4v) is 7.61. The number of nitrogens with zero attached hydrogens (tertiary/aromatic N) is 1. The second-order valence-electron chi connectivity index (χ2n) is 10.7. The van der Waals surface area contributed by atoms with Crippen molar-refractivity contribution in [1.29, 1.82) is 0 Å². The zero-order valence-electron chi connectivity index (χ0n) is 18.4. The number of hydrogen-bond donors (Lipinski definition) is 1. The first kappa shape index (κ1) is 20.9. The van der Waals surface area contributed by atoms with Crippen molar-refractivity contribution in [1.82, 2.24) is 4.90 Å². The zero-order valence-corrected chi connectivity index (χ0v) is 18.4. The maximum atomic E-state index is 13.7. The molecule has 31 heavy (non-hydrogen) atoms. The summed E-state index contributed by atoms with van der Waals surface area (Å²) >= 11 is 0. The maximum absolute atomic E-state index is 13.7. The van der Waals surface area contributed by atoms with Crippen LogP contribution in [0, 0.1) is 40.2 Å². The van der Waals surface area contributed by atoms with Gasteiger partial charge in [0.1, 0.15) is 11.6 Å². The standard InChI is InChI=1S/C26H31F2NO2/c1-25-9-7-23(30)29(3)22(25)5-4-19-20(25)6-8-26(2)21(19)13-16(24(26)31)10-15-11-17(27)14-18(28)12-15/h7,9-12,14,19-22,24,31H,4-6,8,13H2,1-3H3/t19-,20-,21+,22?,24?,25-,26+/m1/s1. The van der Waals surface area contributed by atoms with E-state index in [1.54, 1.807) is 12.2 Å². The van der Waals surface area contributed by atoms with Gasteiger partial charge in [-0.15, -0.1) is 0 Å². The molecule has 2 unspecified atom stereocenters. The Morgan fingerprint density at radius 1 is 1.10 bits per heavy atom. The monoisotopic (exact) mass is 427 g/mol. The van der Waals surface area contributed by atoms with E-state index in [0.29, 0.717) is 23.3 Å². The van der Waals surface area contributed by atoms with E-state index in [9.17, 15) is 18.7 Å². The molecule has 0 spiro atoms. The van der Waals surface area contributed by atoms with Gasteiger partial charge in [-0.25, -0.2) is 8.78 Å². The van der Waals surface area contributed by atoms with Gasteiger partial charge in [-0.05, 0) is 79.2 Å². The third-order valence-corrected chi connectivity index (χ3v) is 9.23. The van der Waals surface area contributed by atoms with Gasteiger partial charge in [0.2, 0.25) is 5.91 Å². The molecule has 1 aliphatic heterocycles. The van der Waals surface area contributed by atoms with E-state index < -0.39 is 17.7 Å². The van der Waals surface area contributed by atoms with Gasteiger partial charge in [-0.1, -0.05) is 26.0 Å². The van der Waals surface area contributed by atoms with Crippen molar-refractivity contribution in [2.24, 2.45) is 28.6 Å². The second-order valence-corrected chi connectivity index (χ2v) is 10.7. The maximum Gasteiger partial charge on any atom is 0.246 e. The molecule has 3 nitrogen and oxygen atoms in total. The number of amides is 1. The minimum absolute atomic E-state index is 0.0456. The smallest absolute Gasteiger partial charge is 0.246 e. The Balaban J connectivity index is 1.48. The largest absolute Gasteiger partial charge is 0.388 e. The minimum Gasteiger partial charge on any atom is -0.388 e. The van der Waals surface area contributed by atoms with Crippen LogP contribution in [-0.2, 0) is 4.79 Å². The molecule has 0 saturated heterocycles. The average Bonchev–Trinajstić information content (AvgIpc) is 2.95. The number of halogens is 2. The Morgan fingerprint density at radius 3 is 2.52 bits per heavy atom. The number of carbonyl (C=O) groups is 1. The van der Waals surface area contributed by atoms with Gasteiger partial charge in [-0.3, -0.25) is 4.79 Å². The third kappa shape index (κ3) is 3.03. The summed E-state index contributed by atoms with van der Waals surface area (Å²) in [4.78, 5) is 14.2. The molecular formula is C26H31F2NO2. The van der Waals surface area contributed by atoms with Gasteiger partial charge in [0, 0.05) is 30.0 Å². The van der Waals surface area contributed by atoms with Gasteiger partial charge in [0.15, 0.2) is 0 Å². The summed E-state index contributed by atoms with van der Waals surface area (Å²) in [6.45, 7) is 4.49. The Bertz CT molecular complexity index is 967. The molecule has 166 valence electrons. The molecule has 1 heterocycles. The molecule has 0 bridgehead atoms. The van der Waals surface area contributed by atoms with E-state index in [1.165, 1.54) is 12.1 Å². The van der Waals surface area contributed by atoms with Crippen molar-refractivity contribution in [3.8, 4) is 0 Å². The lowest BCUT2D eigenvalue weighted by atomic mass is 9.48. The van der Waals surface area contributed by atoms with E-state index in [1.807, 2.05) is 11.9 Å². The molecule has 5 heteroatoms. The van der Waals surface area contributed by atoms with Crippen molar-refractivity contribution in [2.75, 3.05) is 7.05 Å². The quantitative estimate of drug-likeness (QED) is 0.688. The summed E-state index contributed by atoms with van der Waals surface area (Å²) in [5.74, 6) is 0.157. The number of benzene rings is 1. The number of likely N-dealkylation sites (N-methyl/N-ethyl adjacent to an activating group) is 1. The van der Waals surface area contributed by atoms with Crippen LogP contribution >= 0.6 is 0 Å². The third-order valence-electron chi connectivity index (χ3n) is 9.23. The van der Waals surface area contributed by atoms with Crippen molar-refractivity contribution in [3.63, 3.8) is 0 Å². The van der Waals surface area contributed by atoms with Crippen LogP contribution in [-0.4, -0.2) is 35.1 Å². The summed E-state index contributed by atoms with van der Waals surface area (Å²) < 4.78 is 27.4. The van der Waals surface area contributed by atoms with Gasteiger partial charge in [0.05, 0.1) is 6.10 Å². The van der Waals surface area contributed by atoms with Crippen LogP contribution in [0.5, 0.6) is 0 Å². The lowest BCUT2D eigenvalue weighted by molar-refractivity contribution is -0.140. The summed E-state index contributed by atoms with van der Waals surface area (Å²) in [5.41, 5.74) is 1.09. The normalized spacial score (nSPS) is 43.0. The first-order chi connectivity index (χ1) is 14.6. The first-order valence-electron chi connectivity index (χ1n) is 11.4. The van der Waals surface area contributed by atoms with E-state index in [0.717, 1.165) is 43.7 Å². The van der Waals surface area contributed by atoms with Crippen LogP contribution in [0.4, 0.5) is 8.78 Å². The van der Waals surface area contributed by atoms with E-state index >= 15 is 0 Å². The Hall–Kier alpha value is -2.01. The van der Waals surface area contributed by atoms with E-state index in [4.69, 9.17) is 0 Å². The predicted octanol–water partition coefficient (Wildman–Crippen LogP) is 4.96. The molecule has 5 rings (SSSR count). The van der Waals surface area contributed by atoms with Gasteiger partial charge >= 0.3 is 0 Å². The van der Waals surface area contributed by atoms with Crippen LogP contribution in [0.1, 0.15) is 51.5 Å². The fourth-order valence-electron chi connectivity index (χ4n) is 7.61. The highest BCUT2D eigenvalue weighted by Crippen LogP contribution is 2.65. The Labute approximate surface area is 182 Å². The highest BCUT2D eigenvalue weighted by molar-refractivity contribution is 5.89. The Morgan fingerprint density at radius 2 is 1.81 bits per heavy atom. The molecule has 3 saturated carbocycles. The predicted molar refractivity (Wildman–Crippen MR) is 116 cm³/mol. The number of carbonyl (C=O) groups excluding carboxylic acids is 1. The van der Waals surface area contributed by atoms with Gasteiger partial charge in [0.25, 0.3) is 0 Å². The van der Waals surface area contributed by atoms with Crippen LogP contribution < -0.4 is 0 Å². The van der Waals surface area contributed by atoms with E-state index in [-0.39, 0.29) is 22.8 Å². The highest BCUT2D eigenvalue weighted by atomic mass is 19.1. The molecule has 0 aromatic heterocycles. The molecule has 3 aliphatic carbocycles. The number of aliphatic hydroxyl groups excluding tert-OH is 1. The number of rotatable bonds is 1. The molecule has 1 aromatic carbocycles. The number of fused-ring (bicyclic) bond motifs is 5. The summed E-state index contributed by atoms with van der Waals surface area (Å²) in [5, 5.41) is 11.3. The topological polar surface area (TPSA) is 40.5 Å². The minimum atomic E-state index is -0.600. The van der Waals surface area contributed by atoms with Crippen molar-refractivity contribution in [3.05, 3.63) is 53.1 Å². The number of hydrogen-bond acceptors (Lipinski definition) is 2. The van der Waals surface area contributed by atoms with Crippen molar-refractivity contribution in [2.45, 2.75) is 58.1 Å². The second kappa shape index (κ2) is 6.99. The highest BCUT2D eigenvalue weighted by Gasteiger charge is 2.61. The molecule has 1 amide bonds. The molecular weight excluding hydrogens is 396 g/mol.